The Balaban J connectivity index is 1.57. The molecule has 0 aliphatic carbocycles. The average Bonchev–Trinajstić information content (AvgIpc) is 3.09. The maximum absolute atomic E-state index is 12.8. The molecule has 0 saturated heterocycles. The molecule has 0 spiro atoms. The molecule has 0 amide bonds. The van der Waals surface area contributed by atoms with Crippen LogP contribution < -0.4 is 0 Å². The van der Waals surface area contributed by atoms with E-state index < -0.39 is 0 Å². The van der Waals surface area contributed by atoms with Gasteiger partial charge in [0.15, 0.2) is 16.8 Å². The van der Waals surface area contributed by atoms with Crippen molar-refractivity contribution < 1.29 is 4.79 Å². The molecular weight excluding hydrogens is 402 g/mol. The second-order valence-corrected chi connectivity index (χ2v) is 8.73. The lowest BCUT2D eigenvalue weighted by atomic mass is 10.1. The number of aromatic nitrogens is 3. The third kappa shape index (κ3) is 3.93. The van der Waals surface area contributed by atoms with Gasteiger partial charge in [0, 0.05) is 23.2 Å². The van der Waals surface area contributed by atoms with Gasteiger partial charge in [-0.05, 0) is 42.3 Å². The molecule has 0 saturated carbocycles. The molecule has 1 aromatic heterocycles. The molecule has 6 heteroatoms. The van der Waals surface area contributed by atoms with E-state index in [9.17, 15) is 4.79 Å². The molecule has 1 atom stereocenters. The minimum absolute atomic E-state index is 0.0205. The van der Waals surface area contributed by atoms with Gasteiger partial charge >= 0.3 is 0 Å². The number of thioether (sulfide) groups is 1. The Bertz CT molecular complexity index is 1220. The lowest BCUT2D eigenvalue weighted by Crippen LogP contribution is -2.14. The number of hydrogen-bond acceptors (Lipinski definition) is 4. The Morgan fingerprint density at radius 2 is 1.79 bits per heavy atom. The maximum Gasteiger partial charge on any atom is 0.191 e. The van der Waals surface area contributed by atoms with Crippen LogP contribution in [0.3, 0.4) is 0 Å². The zero-order valence-corrected chi connectivity index (χ0v) is 18.0. The van der Waals surface area contributed by atoms with E-state index in [1.54, 1.807) is 6.07 Å². The standard InChI is InChI=1S/C23H20ClN3OS/c1-14-8-9-18(13-20(14)24)21(28)15(2)29-23-26-25-22(27(23)3)19-11-10-16-6-4-5-7-17(16)12-19/h4-13,15H,1-3H3. The zero-order chi connectivity index (χ0) is 20.5. The number of rotatable bonds is 5. The summed E-state index contributed by atoms with van der Waals surface area (Å²) in [6.07, 6.45) is 0. The number of aryl methyl sites for hydroxylation is 1. The Morgan fingerprint density at radius 1 is 1.03 bits per heavy atom. The molecule has 0 radical (unpaired) electrons. The number of carbonyl (C=O) groups is 1. The van der Waals surface area contributed by atoms with E-state index in [2.05, 4.69) is 34.5 Å². The molecule has 1 unspecified atom stereocenters. The summed E-state index contributed by atoms with van der Waals surface area (Å²) in [6, 6.07) is 19.9. The van der Waals surface area contributed by atoms with Gasteiger partial charge in [0.25, 0.3) is 0 Å². The number of Topliss-reactive ketones (excluding diaryl/α,β-unsaturated/α-hetero) is 1. The molecule has 146 valence electrons. The smallest absolute Gasteiger partial charge is 0.191 e. The summed E-state index contributed by atoms with van der Waals surface area (Å²) in [5.74, 6) is 0.795. The Morgan fingerprint density at radius 3 is 2.55 bits per heavy atom. The summed E-state index contributed by atoms with van der Waals surface area (Å²) < 4.78 is 1.93. The van der Waals surface area contributed by atoms with Crippen molar-refractivity contribution in [3.05, 3.63) is 76.8 Å². The number of carbonyl (C=O) groups excluding carboxylic acids is 1. The molecule has 0 aliphatic heterocycles. The number of benzene rings is 3. The maximum atomic E-state index is 12.8. The highest BCUT2D eigenvalue weighted by atomic mass is 35.5. The van der Waals surface area contributed by atoms with E-state index >= 15 is 0 Å². The van der Waals surface area contributed by atoms with E-state index in [-0.39, 0.29) is 11.0 Å². The molecule has 0 aliphatic rings. The second-order valence-electron chi connectivity index (χ2n) is 7.02. The number of ketones is 1. The van der Waals surface area contributed by atoms with Crippen molar-refractivity contribution in [1.29, 1.82) is 0 Å². The number of fused-ring (bicyclic) bond motifs is 1. The SMILES string of the molecule is Cc1ccc(C(=O)C(C)Sc2nnc(-c3ccc4ccccc4c3)n2C)cc1Cl. The average molecular weight is 422 g/mol. The van der Waals surface area contributed by atoms with Crippen molar-refractivity contribution in [2.45, 2.75) is 24.3 Å². The van der Waals surface area contributed by atoms with E-state index in [1.165, 1.54) is 17.1 Å². The van der Waals surface area contributed by atoms with Crippen LogP contribution in [0.2, 0.25) is 5.02 Å². The minimum atomic E-state index is -0.305. The molecule has 0 bridgehead atoms. The van der Waals surface area contributed by atoms with Crippen LogP contribution >= 0.6 is 23.4 Å². The van der Waals surface area contributed by atoms with Gasteiger partial charge in [-0.15, -0.1) is 10.2 Å². The van der Waals surface area contributed by atoms with Crippen LogP contribution in [0.5, 0.6) is 0 Å². The fourth-order valence-corrected chi connectivity index (χ4v) is 4.26. The van der Waals surface area contributed by atoms with E-state index in [4.69, 9.17) is 11.6 Å². The monoisotopic (exact) mass is 421 g/mol. The first-order chi connectivity index (χ1) is 13.9. The highest BCUT2D eigenvalue weighted by Gasteiger charge is 2.21. The van der Waals surface area contributed by atoms with Gasteiger partial charge in [-0.25, -0.2) is 0 Å². The summed E-state index contributed by atoms with van der Waals surface area (Å²) in [5, 5.41) is 12.0. The molecule has 4 aromatic rings. The third-order valence-corrected chi connectivity index (χ3v) is 6.49. The van der Waals surface area contributed by atoms with Crippen LogP contribution in [-0.2, 0) is 7.05 Å². The molecular formula is C23H20ClN3OS. The summed E-state index contributed by atoms with van der Waals surface area (Å²) in [6.45, 7) is 3.80. The molecule has 4 nitrogen and oxygen atoms in total. The molecule has 29 heavy (non-hydrogen) atoms. The fourth-order valence-electron chi connectivity index (χ4n) is 3.19. The van der Waals surface area contributed by atoms with Gasteiger partial charge in [0.05, 0.1) is 5.25 Å². The molecule has 4 rings (SSSR count). The van der Waals surface area contributed by atoms with Crippen LogP contribution in [0.15, 0.2) is 65.8 Å². The van der Waals surface area contributed by atoms with Crippen molar-refractivity contribution >= 4 is 39.9 Å². The first-order valence-corrected chi connectivity index (χ1v) is 10.6. The van der Waals surface area contributed by atoms with Gasteiger partial charge in [-0.2, -0.15) is 0 Å². The first-order valence-electron chi connectivity index (χ1n) is 9.29. The summed E-state index contributed by atoms with van der Waals surface area (Å²) >= 11 is 7.57. The van der Waals surface area contributed by atoms with Crippen LogP contribution in [0, 0.1) is 6.92 Å². The van der Waals surface area contributed by atoms with E-state index in [1.807, 2.05) is 55.8 Å². The zero-order valence-electron chi connectivity index (χ0n) is 16.4. The van der Waals surface area contributed by atoms with Crippen LogP contribution in [0.4, 0.5) is 0 Å². The molecule has 1 heterocycles. The second kappa shape index (κ2) is 8.01. The number of halogens is 1. The molecule has 3 aromatic carbocycles. The summed E-state index contributed by atoms with van der Waals surface area (Å²) in [7, 11) is 1.92. The van der Waals surface area contributed by atoms with Crippen molar-refractivity contribution in [2.75, 3.05) is 0 Å². The fraction of sp³-hybridized carbons (Fsp3) is 0.174. The van der Waals surface area contributed by atoms with Gasteiger partial charge in [0.1, 0.15) is 0 Å². The highest BCUT2D eigenvalue weighted by molar-refractivity contribution is 8.00. The Kier molecular flexibility index (Phi) is 5.43. The predicted molar refractivity (Wildman–Crippen MR) is 120 cm³/mol. The Labute approximate surface area is 178 Å². The molecule has 0 fully saturated rings. The quantitative estimate of drug-likeness (QED) is 0.294. The number of nitrogens with zero attached hydrogens (tertiary/aromatic N) is 3. The van der Waals surface area contributed by atoms with Crippen molar-refractivity contribution in [3.8, 4) is 11.4 Å². The predicted octanol–water partition coefficient (Wildman–Crippen LogP) is 5.96. The minimum Gasteiger partial charge on any atom is -0.305 e. The van der Waals surface area contributed by atoms with Crippen molar-refractivity contribution in [1.82, 2.24) is 14.8 Å². The van der Waals surface area contributed by atoms with E-state index in [0.717, 1.165) is 22.3 Å². The number of hydrogen-bond donors (Lipinski definition) is 0. The third-order valence-electron chi connectivity index (χ3n) is 4.95. The van der Waals surface area contributed by atoms with E-state index in [0.29, 0.717) is 15.7 Å². The van der Waals surface area contributed by atoms with Crippen LogP contribution in [0.25, 0.3) is 22.2 Å². The van der Waals surface area contributed by atoms with Crippen LogP contribution in [-0.4, -0.2) is 25.8 Å². The first kappa shape index (κ1) is 19.7. The van der Waals surface area contributed by atoms with Crippen LogP contribution in [0.1, 0.15) is 22.8 Å². The topological polar surface area (TPSA) is 47.8 Å². The largest absolute Gasteiger partial charge is 0.305 e. The lowest BCUT2D eigenvalue weighted by Gasteiger charge is -2.11. The Hall–Kier alpha value is -2.63. The normalized spacial score (nSPS) is 12.3. The molecule has 0 N–H and O–H groups in total. The summed E-state index contributed by atoms with van der Waals surface area (Å²) in [5.41, 5.74) is 2.56. The van der Waals surface area contributed by atoms with Gasteiger partial charge in [0.2, 0.25) is 0 Å². The van der Waals surface area contributed by atoms with Gasteiger partial charge < -0.3 is 4.57 Å². The highest BCUT2D eigenvalue weighted by Crippen LogP contribution is 2.29. The lowest BCUT2D eigenvalue weighted by molar-refractivity contribution is 0.0994. The summed E-state index contributed by atoms with van der Waals surface area (Å²) in [4.78, 5) is 12.8. The van der Waals surface area contributed by atoms with Gasteiger partial charge in [-0.3, -0.25) is 4.79 Å². The van der Waals surface area contributed by atoms with Crippen molar-refractivity contribution in [2.24, 2.45) is 7.05 Å². The van der Waals surface area contributed by atoms with Crippen molar-refractivity contribution in [3.63, 3.8) is 0 Å². The van der Waals surface area contributed by atoms with Gasteiger partial charge in [-0.1, -0.05) is 71.9 Å².